The first-order chi connectivity index (χ1) is 10.6. The van der Waals surface area contributed by atoms with Crippen molar-refractivity contribution in [3.8, 4) is 0 Å². The summed E-state index contributed by atoms with van der Waals surface area (Å²) in [7, 11) is 0. The summed E-state index contributed by atoms with van der Waals surface area (Å²) in [6, 6.07) is 21.4. The maximum absolute atomic E-state index is 6.06. The van der Waals surface area contributed by atoms with E-state index in [1.54, 1.807) is 0 Å². The van der Waals surface area contributed by atoms with E-state index in [1.165, 1.54) is 15.6 Å². The average molecular weight is 331 g/mol. The molecule has 0 unspecified atom stereocenters. The SMILES string of the molecule is CC1(C)OC[C@H](c2ccccc2)N1[C](=[Cr])Cc1ccccc1. The van der Waals surface area contributed by atoms with Crippen LogP contribution in [-0.4, -0.2) is 21.7 Å². The second-order valence-corrected chi connectivity index (χ2v) is 6.85. The summed E-state index contributed by atoms with van der Waals surface area (Å²) >= 11 is 3.29. The summed E-state index contributed by atoms with van der Waals surface area (Å²) in [5.41, 5.74) is 2.32. The number of rotatable bonds is 4. The Balaban J connectivity index is 1.86. The molecule has 3 rings (SSSR count). The van der Waals surface area contributed by atoms with Crippen LogP contribution in [0.3, 0.4) is 0 Å². The summed E-state index contributed by atoms with van der Waals surface area (Å²) in [5, 5.41) is 0. The van der Waals surface area contributed by atoms with Gasteiger partial charge >= 0.3 is 140 Å². The number of hydrogen-bond donors (Lipinski definition) is 0. The van der Waals surface area contributed by atoms with Crippen molar-refractivity contribution in [3.05, 3.63) is 71.8 Å². The monoisotopic (exact) mass is 331 g/mol. The van der Waals surface area contributed by atoms with E-state index in [1.807, 2.05) is 0 Å². The van der Waals surface area contributed by atoms with Gasteiger partial charge in [-0.1, -0.05) is 0 Å². The molecule has 0 radical (unpaired) electrons. The Labute approximate surface area is 140 Å². The van der Waals surface area contributed by atoms with Crippen LogP contribution in [0.25, 0.3) is 0 Å². The van der Waals surface area contributed by atoms with E-state index in [2.05, 4.69) is 95.3 Å². The summed E-state index contributed by atoms with van der Waals surface area (Å²) < 4.78 is 7.29. The molecule has 1 heterocycles. The number of ether oxygens (including phenoxy) is 1. The Bertz CT molecular complexity index is 639. The van der Waals surface area contributed by atoms with Crippen molar-refractivity contribution >= 4 is 4.50 Å². The summed E-state index contributed by atoms with van der Waals surface area (Å²) in [4.78, 5) is 2.38. The zero-order chi connectivity index (χ0) is 15.6. The summed E-state index contributed by atoms with van der Waals surface area (Å²) in [6.07, 6.45) is 0.900. The van der Waals surface area contributed by atoms with Crippen molar-refractivity contribution in [2.45, 2.75) is 32.0 Å². The first kappa shape index (κ1) is 15.7. The Kier molecular flexibility index (Phi) is 4.61. The van der Waals surface area contributed by atoms with Crippen molar-refractivity contribution < 1.29 is 20.6 Å². The van der Waals surface area contributed by atoms with E-state index >= 15 is 0 Å². The minimum atomic E-state index is -0.296. The Morgan fingerprint density at radius 3 is 2.32 bits per heavy atom. The van der Waals surface area contributed by atoms with E-state index in [0.717, 1.165) is 13.0 Å². The van der Waals surface area contributed by atoms with Gasteiger partial charge in [-0.15, -0.1) is 0 Å². The van der Waals surface area contributed by atoms with E-state index in [0.29, 0.717) is 0 Å². The van der Waals surface area contributed by atoms with Gasteiger partial charge in [0.25, 0.3) is 0 Å². The minimum absolute atomic E-state index is 0.260. The Hall–Kier alpha value is -1.24. The van der Waals surface area contributed by atoms with Crippen molar-refractivity contribution in [2.75, 3.05) is 6.61 Å². The van der Waals surface area contributed by atoms with Crippen LogP contribution in [0.2, 0.25) is 0 Å². The van der Waals surface area contributed by atoms with Crippen LogP contribution in [0.5, 0.6) is 0 Å². The van der Waals surface area contributed by atoms with E-state index < -0.39 is 0 Å². The first-order valence-electron chi connectivity index (χ1n) is 7.63. The molecule has 0 spiro atoms. The molecule has 1 aliphatic rings. The van der Waals surface area contributed by atoms with Crippen LogP contribution in [0, 0.1) is 0 Å². The third kappa shape index (κ3) is 3.24. The fourth-order valence-corrected chi connectivity index (χ4v) is 3.85. The van der Waals surface area contributed by atoms with Gasteiger partial charge in [0.05, 0.1) is 0 Å². The van der Waals surface area contributed by atoms with Gasteiger partial charge in [-0.25, -0.2) is 0 Å². The molecular formula is C19H21CrNO. The number of nitrogens with zero attached hydrogens (tertiary/aromatic N) is 1. The number of hydrogen-bond acceptors (Lipinski definition) is 2. The predicted octanol–water partition coefficient (Wildman–Crippen LogP) is 3.72. The van der Waals surface area contributed by atoms with E-state index in [9.17, 15) is 0 Å². The maximum atomic E-state index is 6.06. The zero-order valence-corrected chi connectivity index (χ0v) is 14.3. The normalized spacial score (nSPS) is 20.9. The molecule has 0 aromatic heterocycles. The van der Waals surface area contributed by atoms with Gasteiger partial charge in [0.2, 0.25) is 0 Å². The molecule has 1 aliphatic heterocycles. The average Bonchev–Trinajstić information content (AvgIpc) is 2.84. The van der Waals surface area contributed by atoms with Crippen LogP contribution in [-0.2, 0) is 27.0 Å². The molecule has 114 valence electrons. The molecule has 0 N–H and O–H groups in total. The molecule has 0 amide bonds. The second-order valence-electron chi connectivity index (χ2n) is 6.11. The van der Waals surface area contributed by atoms with Gasteiger partial charge < -0.3 is 0 Å². The summed E-state index contributed by atoms with van der Waals surface area (Å²) in [5.74, 6) is 0. The molecule has 22 heavy (non-hydrogen) atoms. The molecule has 2 aromatic rings. The molecule has 2 aromatic carbocycles. The third-order valence-corrected chi connectivity index (χ3v) is 4.67. The Morgan fingerprint density at radius 1 is 1.09 bits per heavy atom. The van der Waals surface area contributed by atoms with Crippen molar-refractivity contribution in [1.82, 2.24) is 4.90 Å². The molecule has 1 saturated heterocycles. The summed E-state index contributed by atoms with van der Waals surface area (Å²) in [6.45, 7) is 4.99. The molecule has 2 nitrogen and oxygen atoms in total. The fourth-order valence-electron chi connectivity index (χ4n) is 3.05. The molecule has 3 heteroatoms. The van der Waals surface area contributed by atoms with Gasteiger partial charge in [0.1, 0.15) is 0 Å². The van der Waals surface area contributed by atoms with Crippen molar-refractivity contribution in [1.29, 1.82) is 0 Å². The Morgan fingerprint density at radius 2 is 1.68 bits per heavy atom. The fraction of sp³-hybridized carbons (Fsp3) is 0.316. The van der Waals surface area contributed by atoms with E-state index in [-0.39, 0.29) is 11.8 Å². The third-order valence-electron chi connectivity index (χ3n) is 4.14. The van der Waals surface area contributed by atoms with Gasteiger partial charge in [0, 0.05) is 0 Å². The van der Waals surface area contributed by atoms with Crippen LogP contribution in [0.4, 0.5) is 0 Å². The van der Waals surface area contributed by atoms with Gasteiger partial charge in [-0.2, -0.15) is 0 Å². The van der Waals surface area contributed by atoms with E-state index in [4.69, 9.17) is 4.74 Å². The second kappa shape index (κ2) is 6.48. The van der Waals surface area contributed by atoms with Crippen LogP contribution < -0.4 is 0 Å². The first-order valence-corrected chi connectivity index (χ1v) is 8.27. The molecule has 0 saturated carbocycles. The molecule has 1 fully saturated rings. The standard InChI is InChI=1S/C19H21NO.Cr/c1-19(2)20(14-13-16-9-5-3-6-10-16)18(15-21-19)17-11-7-4-8-12-17;/h3-12,18H,13,15H2,1-2H3;/t18-;/m1./s1. The van der Waals surface area contributed by atoms with Gasteiger partial charge in [-0.05, 0) is 0 Å². The molecule has 0 bridgehead atoms. The van der Waals surface area contributed by atoms with Crippen LogP contribution in [0.1, 0.15) is 31.0 Å². The van der Waals surface area contributed by atoms with Crippen LogP contribution in [0.15, 0.2) is 60.7 Å². The predicted molar refractivity (Wildman–Crippen MR) is 86.2 cm³/mol. The molecular weight excluding hydrogens is 310 g/mol. The topological polar surface area (TPSA) is 12.5 Å². The van der Waals surface area contributed by atoms with Gasteiger partial charge in [0.15, 0.2) is 0 Å². The van der Waals surface area contributed by atoms with Crippen LogP contribution >= 0.6 is 0 Å². The zero-order valence-electron chi connectivity index (χ0n) is 13.0. The molecule has 0 aliphatic carbocycles. The van der Waals surface area contributed by atoms with Gasteiger partial charge in [-0.3, -0.25) is 0 Å². The quantitative estimate of drug-likeness (QED) is 0.847. The molecule has 1 atom stereocenters. The number of benzene rings is 2. The van der Waals surface area contributed by atoms with Crippen molar-refractivity contribution in [3.63, 3.8) is 0 Å². The van der Waals surface area contributed by atoms with Crippen molar-refractivity contribution in [2.24, 2.45) is 0 Å².